The predicted molar refractivity (Wildman–Crippen MR) is 120 cm³/mol. The number of carbonyl (C=O) groups excluding carboxylic acids is 1. The standard InChI is InChI=1S/C22H20ClN5O3/c1-24-21(29)17-10-15(7-8-25-17)31-20-11-16-18(12-19(20)30-3)28(2)22(27-16)26-14-6-4-5-13(23)9-14/h4-12H,1-3H3,(H,24,29)(H,26,27). The molecule has 0 saturated carbocycles. The van der Waals surface area contributed by atoms with Crippen LogP contribution in [0.3, 0.4) is 0 Å². The summed E-state index contributed by atoms with van der Waals surface area (Å²) in [6.45, 7) is 0. The van der Waals surface area contributed by atoms with Crippen molar-refractivity contribution in [2.24, 2.45) is 7.05 Å². The number of nitrogens with zero attached hydrogens (tertiary/aromatic N) is 3. The van der Waals surface area contributed by atoms with Gasteiger partial charge in [0.25, 0.3) is 5.91 Å². The highest BCUT2D eigenvalue weighted by atomic mass is 35.5. The number of amides is 1. The van der Waals surface area contributed by atoms with Crippen LogP contribution in [0.5, 0.6) is 17.2 Å². The molecule has 0 unspecified atom stereocenters. The van der Waals surface area contributed by atoms with Crippen molar-refractivity contribution in [2.75, 3.05) is 19.5 Å². The van der Waals surface area contributed by atoms with Gasteiger partial charge in [0.15, 0.2) is 11.5 Å². The summed E-state index contributed by atoms with van der Waals surface area (Å²) in [5.41, 5.74) is 2.65. The molecule has 0 saturated heterocycles. The van der Waals surface area contributed by atoms with Crippen molar-refractivity contribution in [2.45, 2.75) is 0 Å². The van der Waals surface area contributed by atoms with E-state index in [1.807, 2.05) is 41.9 Å². The summed E-state index contributed by atoms with van der Waals surface area (Å²) in [5, 5.41) is 6.44. The van der Waals surface area contributed by atoms with E-state index < -0.39 is 0 Å². The lowest BCUT2D eigenvalue weighted by Gasteiger charge is -2.11. The molecule has 0 spiro atoms. The highest BCUT2D eigenvalue weighted by molar-refractivity contribution is 6.30. The van der Waals surface area contributed by atoms with Crippen molar-refractivity contribution in [1.29, 1.82) is 0 Å². The molecule has 0 fully saturated rings. The van der Waals surface area contributed by atoms with Crippen molar-refractivity contribution < 1.29 is 14.3 Å². The zero-order valence-electron chi connectivity index (χ0n) is 17.1. The first kappa shape index (κ1) is 20.5. The second kappa shape index (κ2) is 8.53. The number of fused-ring (bicyclic) bond motifs is 1. The van der Waals surface area contributed by atoms with E-state index in [0.29, 0.717) is 33.7 Å². The largest absolute Gasteiger partial charge is 0.493 e. The first-order valence-electron chi connectivity index (χ1n) is 9.41. The van der Waals surface area contributed by atoms with Crippen LogP contribution in [0.1, 0.15) is 10.5 Å². The number of benzene rings is 2. The number of ether oxygens (including phenoxy) is 2. The first-order chi connectivity index (χ1) is 15.0. The lowest BCUT2D eigenvalue weighted by Crippen LogP contribution is -2.18. The van der Waals surface area contributed by atoms with Gasteiger partial charge in [0.05, 0.1) is 18.1 Å². The number of nitrogens with one attached hydrogen (secondary N) is 2. The van der Waals surface area contributed by atoms with Crippen LogP contribution < -0.4 is 20.1 Å². The number of imidazole rings is 1. The lowest BCUT2D eigenvalue weighted by molar-refractivity contribution is 0.0958. The Balaban J connectivity index is 1.69. The summed E-state index contributed by atoms with van der Waals surface area (Å²) < 4.78 is 13.4. The van der Waals surface area contributed by atoms with Gasteiger partial charge in [-0.25, -0.2) is 4.98 Å². The van der Waals surface area contributed by atoms with Crippen LogP contribution in [-0.4, -0.2) is 34.6 Å². The molecule has 2 aromatic carbocycles. The van der Waals surface area contributed by atoms with E-state index >= 15 is 0 Å². The normalized spacial score (nSPS) is 10.7. The molecule has 2 aromatic heterocycles. The van der Waals surface area contributed by atoms with Crippen molar-refractivity contribution in [3.05, 3.63) is 65.4 Å². The summed E-state index contributed by atoms with van der Waals surface area (Å²) in [4.78, 5) is 20.6. The van der Waals surface area contributed by atoms with Crippen LogP contribution in [0.25, 0.3) is 11.0 Å². The quantitative estimate of drug-likeness (QED) is 0.460. The molecular weight excluding hydrogens is 418 g/mol. The Hall–Kier alpha value is -3.78. The third-order valence-corrected chi connectivity index (χ3v) is 4.90. The zero-order chi connectivity index (χ0) is 22.0. The van der Waals surface area contributed by atoms with E-state index in [2.05, 4.69) is 20.6 Å². The van der Waals surface area contributed by atoms with E-state index in [0.717, 1.165) is 11.2 Å². The summed E-state index contributed by atoms with van der Waals surface area (Å²) >= 11 is 6.08. The second-order valence-electron chi connectivity index (χ2n) is 6.68. The zero-order valence-corrected chi connectivity index (χ0v) is 17.9. The predicted octanol–water partition coefficient (Wildman–Crippen LogP) is 4.53. The van der Waals surface area contributed by atoms with E-state index in [1.54, 1.807) is 32.4 Å². The van der Waals surface area contributed by atoms with Crippen molar-refractivity contribution >= 4 is 40.2 Å². The summed E-state index contributed by atoms with van der Waals surface area (Å²) in [6.07, 6.45) is 1.51. The SMILES string of the molecule is CNC(=O)c1cc(Oc2cc3nc(Nc4cccc(Cl)c4)n(C)c3cc2OC)ccn1. The Labute approximate surface area is 183 Å². The Bertz CT molecular complexity index is 1270. The number of anilines is 2. The van der Waals surface area contributed by atoms with E-state index in [1.165, 1.54) is 6.20 Å². The van der Waals surface area contributed by atoms with Crippen LogP contribution in [0, 0.1) is 0 Å². The van der Waals surface area contributed by atoms with Gasteiger partial charge in [0, 0.05) is 49.2 Å². The molecule has 2 N–H and O–H groups in total. The molecule has 0 atom stereocenters. The third-order valence-electron chi connectivity index (χ3n) is 4.67. The average Bonchev–Trinajstić information content (AvgIpc) is 3.07. The molecule has 0 aliphatic carbocycles. The van der Waals surface area contributed by atoms with Crippen LogP contribution in [0.4, 0.5) is 11.6 Å². The van der Waals surface area contributed by atoms with Crippen LogP contribution >= 0.6 is 11.6 Å². The van der Waals surface area contributed by atoms with E-state index in [4.69, 9.17) is 21.1 Å². The Morgan fingerprint density at radius 3 is 2.71 bits per heavy atom. The number of hydrogen-bond acceptors (Lipinski definition) is 6. The summed E-state index contributed by atoms with van der Waals surface area (Å²) in [5.74, 6) is 1.80. The summed E-state index contributed by atoms with van der Waals surface area (Å²) in [6, 6.07) is 14.3. The fraction of sp³-hybridized carbons (Fsp3) is 0.136. The van der Waals surface area contributed by atoms with Crippen LogP contribution in [0.15, 0.2) is 54.7 Å². The average molecular weight is 438 g/mol. The highest BCUT2D eigenvalue weighted by Gasteiger charge is 2.15. The van der Waals surface area contributed by atoms with Crippen LogP contribution in [0.2, 0.25) is 5.02 Å². The minimum atomic E-state index is -0.297. The Morgan fingerprint density at radius 2 is 1.97 bits per heavy atom. The Morgan fingerprint density at radius 1 is 1.13 bits per heavy atom. The molecule has 0 aliphatic heterocycles. The molecule has 0 radical (unpaired) electrons. The maximum absolute atomic E-state index is 11.8. The van der Waals surface area contributed by atoms with E-state index in [-0.39, 0.29) is 11.6 Å². The maximum atomic E-state index is 11.8. The number of rotatable bonds is 6. The molecule has 2 heterocycles. The van der Waals surface area contributed by atoms with Gasteiger partial charge >= 0.3 is 0 Å². The maximum Gasteiger partial charge on any atom is 0.269 e. The number of methoxy groups -OCH3 is 1. The smallest absolute Gasteiger partial charge is 0.269 e. The molecule has 1 amide bonds. The fourth-order valence-electron chi connectivity index (χ4n) is 3.10. The molecule has 9 heteroatoms. The molecule has 0 aliphatic rings. The van der Waals surface area contributed by atoms with Crippen molar-refractivity contribution in [3.8, 4) is 17.2 Å². The van der Waals surface area contributed by atoms with Crippen molar-refractivity contribution in [1.82, 2.24) is 19.9 Å². The minimum absolute atomic E-state index is 0.255. The van der Waals surface area contributed by atoms with Crippen molar-refractivity contribution in [3.63, 3.8) is 0 Å². The molecule has 158 valence electrons. The second-order valence-corrected chi connectivity index (χ2v) is 7.12. The van der Waals surface area contributed by atoms with Gasteiger partial charge in [0.2, 0.25) is 5.95 Å². The molecule has 0 bridgehead atoms. The molecule has 4 aromatic rings. The number of pyridine rings is 1. The van der Waals surface area contributed by atoms with Gasteiger partial charge < -0.3 is 24.7 Å². The molecular formula is C22H20ClN5O3. The van der Waals surface area contributed by atoms with Gasteiger partial charge in [-0.3, -0.25) is 9.78 Å². The first-order valence-corrected chi connectivity index (χ1v) is 9.79. The number of carbonyl (C=O) groups is 1. The van der Waals surface area contributed by atoms with E-state index in [9.17, 15) is 4.79 Å². The highest BCUT2D eigenvalue weighted by Crippen LogP contribution is 2.36. The lowest BCUT2D eigenvalue weighted by atomic mass is 10.2. The van der Waals surface area contributed by atoms with Crippen LogP contribution in [-0.2, 0) is 7.05 Å². The Kier molecular flexibility index (Phi) is 5.64. The van der Waals surface area contributed by atoms with Gasteiger partial charge in [-0.05, 0) is 24.3 Å². The minimum Gasteiger partial charge on any atom is -0.493 e. The monoisotopic (exact) mass is 437 g/mol. The van der Waals surface area contributed by atoms with Gasteiger partial charge in [-0.15, -0.1) is 0 Å². The molecule has 4 rings (SSSR count). The molecule has 8 nitrogen and oxygen atoms in total. The summed E-state index contributed by atoms with van der Waals surface area (Å²) in [7, 11) is 5.02. The number of aryl methyl sites for hydroxylation is 1. The van der Waals surface area contributed by atoms with Gasteiger partial charge in [-0.2, -0.15) is 0 Å². The van der Waals surface area contributed by atoms with Gasteiger partial charge in [0.1, 0.15) is 11.4 Å². The third kappa shape index (κ3) is 4.24. The fourth-order valence-corrected chi connectivity index (χ4v) is 3.29. The topological polar surface area (TPSA) is 90.3 Å². The molecule has 31 heavy (non-hydrogen) atoms. The number of halogens is 1. The van der Waals surface area contributed by atoms with Gasteiger partial charge in [-0.1, -0.05) is 17.7 Å². The number of aromatic nitrogens is 3. The number of hydrogen-bond donors (Lipinski definition) is 2.